The van der Waals surface area contributed by atoms with Crippen molar-refractivity contribution >= 4 is 27.9 Å². The van der Waals surface area contributed by atoms with Crippen molar-refractivity contribution in [2.24, 2.45) is 0 Å². The topological polar surface area (TPSA) is 81.8 Å². The smallest absolute Gasteiger partial charge is 0.206 e. The van der Waals surface area contributed by atoms with Crippen LogP contribution in [0, 0.1) is 0 Å². The second-order valence-corrected chi connectivity index (χ2v) is 3.76. The zero-order valence-corrected chi connectivity index (χ0v) is 9.20. The first-order valence-electron chi connectivity index (χ1n) is 4.21. The van der Waals surface area contributed by atoms with Crippen molar-refractivity contribution < 1.29 is 19.4 Å². The predicted octanol–water partition coefficient (Wildman–Crippen LogP) is 1.32. The van der Waals surface area contributed by atoms with Gasteiger partial charge < -0.3 is 20.3 Å². The maximum absolute atomic E-state index is 10.9. The highest BCUT2D eigenvalue weighted by Crippen LogP contribution is 2.49. The van der Waals surface area contributed by atoms with E-state index in [0.29, 0.717) is 24.0 Å². The van der Waals surface area contributed by atoms with Crippen LogP contribution in [0.15, 0.2) is 4.47 Å². The average molecular weight is 274 g/mol. The molecule has 5 nitrogen and oxygen atoms in total. The van der Waals surface area contributed by atoms with Gasteiger partial charge in [0.25, 0.3) is 0 Å². The van der Waals surface area contributed by atoms with Gasteiger partial charge in [-0.2, -0.15) is 0 Å². The number of fused-ring (bicyclic) bond motifs is 1. The summed E-state index contributed by atoms with van der Waals surface area (Å²) in [5, 5.41) is 9.67. The number of benzene rings is 1. The Kier molecular flexibility index (Phi) is 2.44. The molecule has 0 aromatic heterocycles. The number of aromatic hydroxyl groups is 1. The molecule has 0 aliphatic carbocycles. The van der Waals surface area contributed by atoms with Crippen LogP contribution in [0.1, 0.15) is 10.4 Å². The van der Waals surface area contributed by atoms with Gasteiger partial charge in [-0.3, -0.25) is 4.79 Å². The van der Waals surface area contributed by atoms with Crippen LogP contribution in [-0.2, 0) is 0 Å². The fraction of sp³-hybridized carbons (Fsp3) is 0.222. The average Bonchev–Trinajstić information content (AvgIpc) is 2.27. The second-order valence-electron chi connectivity index (χ2n) is 2.96. The van der Waals surface area contributed by atoms with Crippen molar-refractivity contribution in [3.8, 4) is 17.2 Å². The van der Waals surface area contributed by atoms with E-state index >= 15 is 0 Å². The number of nitrogens with two attached hydrogens (primary N) is 1. The molecule has 0 bridgehead atoms. The normalized spacial score (nSPS) is 13.7. The summed E-state index contributed by atoms with van der Waals surface area (Å²) in [6.07, 6.45) is 0.605. The van der Waals surface area contributed by atoms with Crippen molar-refractivity contribution in [2.45, 2.75) is 0 Å². The molecule has 0 unspecified atom stereocenters. The number of aldehydes is 1. The molecule has 0 saturated heterocycles. The molecule has 1 heterocycles. The third-order valence-corrected chi connectivity index (χ3v) is 2.94. The summed E-state index contributed by atoms with van der Waals surface area (Å²) in [5.74, 6) is 0.154. The number of nitrogen functional groups attached to an aromatic ring is 1. The third kappa shape index (κ3) is 1.41. The Morgan fingerprint density at radius 1 is 1.33 bits per heavy atom. The molecular weight excluding hydrogens is 266 g/mol. The van der Waals surface area contributed by atoms with Gasteiger partial charge >= 0.3 is 0 Å². The number of rotatable bonds is 1. The van der Waals surface area contributed by atoms with E-state index in [2.05, 4.69) is 15.9 Å². The molecule has 0 saturated carbocycles. The lowest BCUT2D eigenvalue weighted by atomic mass is 10.1. The first-order valence-corrected chi connectivity index (χ1v) is 5.00. The number of halogens is 1. The van der Waals surface area contributed by atoms with Crippen molar-refractivity contribution in [1.82, 2.24) is 0 Å². The van der Waals surface area contributed by atoms with Gasteiger partial charge in [0.2, 0.25) is 5.75 Å². The van der Waals surface area contributed by atoms with Gasteiger partial charge in [-0.15, -0.1) is 0 Å². The Balaban J connectivity index is 2.75. The van der Waals surface area contributed by atoms with Gasteiger partial charge in [-0.05, 0) is 15.9 Å². The molecule has 6 heteroatoms. The standard InChI is InChI=1S/C9H8BrNO4/c10-5-4(3-12)8-9(7(13)6(5)11)15-2-1-14-8/h3,13H,1-2,11H2. The molecule has 0 fully saturated rings. The molecule has 1 aromatic rings. The van der Waals surface area contributed by atoms with Crippen LogP contribution in [-0.4, -0.2) is 24.6 Å². The van der Waals surface area contributed by atoms with Crippen LogP contribution in [0.2, 0.25) is 0 Å². The highest BCUT2D eigenvalue weighted by molar-refractivity contribution is 9.10. The van der Waals surface area contributed by atoms with Gasteiger partial charge in [-0.25, -0.2) is 0 Å². The highest BCUT2D eigenvalue weighted by Gasteiger charge is 2.25. The molecule has 0 atom stereocenters. The predicted molar refractivity (Wildman–Crippen MR) is 56.6 cm³/mol. The number of hydrogen-bond donors (Lipinski definition) is 2. The minimum atomic E-state index is -0.206. The fourth-order valence-electron chi connectivity index (χ4n) is 1.37. The molecule has 0 spiro atoms. The fourth-order valence-corrected chi connectivity index (χ4v) is 1.83. The first-order chi connectivity index (χ1) is 7.16. The molecule has 1 aliphatic heterocycles. The number of carbonyl (C=O) groups is 1. The number of phenols is 1. The zero-order chi connectivity index (χ0) is 11.0. The Labute approximate surface area is 93.9 Å². The van der Waals surface area contributed by atoms with Crippen molar-refractivity contribution in [3.63, 3.8) is 0 Å². The Hall–Kier alpha value is -1.43. The van der Waals surface area contributed by atoms with Crippen molar-refractivity contribution in [3.05, 3.63) is 10.0 Å². The highest BCUT2D eigenvalue weighted by atomic mass is 79.9. The summed E-state index contributed by atoms with van der Waals surface area (Å²) in [7, 11) is 0. The quantitative estimate of drug-likeness (QED) is 0.458. The lowest BCUT2D eigenvalue weighted by Crippen LogP contribution is -2.17. The molecule has 80 valence electrons. The number of phenolic OH excluding ortho intramolecular Hbond substituents is 1. The lowest BCUT2D eigenvalue weighted by Gasteiger charge is -2.22. The Morgan fingerprint density at radius 2 is 1.93 bits per heavy atom. The lowest BCUT2D eigenvalue weighted by molar-refractivity contribution is 0.111. The summed E-state index contributed by atoms with van der Waals surface area (Å²) in [5.41, 5.74) is 5.91. The van der Waals surface area contributed by atoms with Crippen LogP contribution >= 0.6 is 15.9 Å². The van der Waals surface area contributed by atoms with Crippen molar-refractivity contribution in [1.29, 1.82) is 0 Å². The van der Waals surface area contributed by atoms with E-state index in [-0.39, 0.29) is 28.5 Å². The van der Waals surface area contributed by atoms with E-state index in [1.165, 1.54) is 0 Å². The summed E-state index contributed by atoms with van der Waals surface area (Å²) < 4.78 is 10.8. The maximum Gasteiger partial charge on any atom is 0.206 e. The summed E-state index contributed by atoms with van der Waals surface area (Å²) in [6, 6.07) is 0. The summed E-state index contributed by atoms with van der Waals surface area (Å²) >= 11 is 3.12. The maximum atomic E-state index is 10.9. The van der Waals surface area contributed by atoms with Crippen LogP contribution in [0.3, 0.4) is 0 Å². The van der Waals surface area contributed by atoms with Gasteiger partial charge in [0.1, 0.15) is 13.2 Å². The first kappa shape index (κ1) is 10.1. The SMILES string of the molecule is Nc1c(O)c2c(c(C=O)c1Br)OCCO2. The van der Waals surface area contributed by atoms with Gasteiger partial charge in [-0.1, -0.05) is 0 Å². The van der Waals surface area contributed by atoms with Gasteiger partial charge in [0.15, 0.2) is 17.8 Å². The van der Waals surface area contributed by atoms with E-state index in [1.54, 1.807) is 0 Å². The van der Waals surface area contributed by atoms with E-state index in [0.717, 1.165) is 0 Å². The summed E-state index contributed by atoms with van der Waals surface area (Å²) in [4.78, 5) is 10.9. The number of hydrogen-bond acceptors (Lipinski definition) is 5. The molecule has 15 heavy (non-hydrogen) atoms. The largest absolute Gasteiger partial charge is 0.503 e. The summed E-state index contributed by atoms with van der Waals surface area (Å²) in [6.45, 7) is 0.656. The molecule has 1 aromatic carbocycles. The van der Waals surface area contributed by atoms with Crippen molar-refractivity contribution in [2.75, 3.05) is 18.9 Å². The Bertz CT molecular complexity index is 433. The van der Waals surface area contributed by atoms with Crippen LogP contribution in [0.4, 0.5) is 5.69 Å². The van der Waals surface area contributed by atoms with Crippen LogP contribution in [0.5, 0.6) is 17.2 Å². The third-order valence-electron chi connectivity index (χ3n) is 2.09. The number of ether oxygens (including phenoxy) is 2. The minimum Gasteiger partial charge on any atom is -0.503 e. The van der Waals surface area contributed by atoms with E-state index in [9.17, 15) is 9.90 Å². The molecule has 3 N–H and O–H groups in total. The minimum absolute atomic E-state index is 0.0707. The van der Waals surface area contributed by atoms with Gasteiger partial charge in [0, 0.05) is 0 Å². The van der Waals surface area contributed by atoms with Gasteiger partial charge in [0.05, 0.1) is 15.7 Å². The molecule has 0 radical (unpaired) electrons. The zero-order valence-electron chi connectivity index (χ0n) is 7.62. The van der Waals surface area contributed by atoms with E-state index < -0.39 is 0 Å². The van der Waals surface area contributed by atoms with Crippen LogP contribution < -0.4 is 15.2 Å². The molecule has 2 rings (SSSR count). The molecule has 1 aliphatic rings. The Morgan fingerprint density at radius 3 is 2.53 bits per heavy atom. The monoisotopic (exact) mass is 273 g/mol. The van der Waals surface area contributed by atoms with E-state index in [4.69, 9.17) is 15.2 Å². The second kappa shape index (κ2) is 3.62. The molecule has 0 amide bonds. The number of anilines is 1. The van der Waals surface area contributed by atoms with Crippen LogP contribution in [0.25, 0.3) is 0 Å². The van der Waals surface area contributed by atoms with E-state index in [1.807, 2.05) is 0 Å². The molecular formula is C9H8BrNO4. The number of carbonyl (C=O) groups excluding carboxylic acids is 1.